The zero-order valence-electron chi connectivity index (χ0n) is 10.8. The number of furan rings is 1. The molecular formula is C15H16BrNO2. The number of methoxy groups -OCH3 is 1. The highest BCUT2D eigenvalue weighted by Gasteiger charge is 2.21. The first-order chi connectivity index (χ1) is 9.28. The van der Waals surface area contributed by atoms with E-state index in [9.17, 15) is 0 Å². The average Bonchev–Trinajstić information content (AvgIpc) is 3.17. The number of halogens is 1. The predicted octanol–water partition coefficient (Wildman–Crippen LogP) is 3.97. The Morgan fingerprint density at radius 1 is 1.37 bits per heavy atom. The van der Waals surface area contributed by atoms with Crippen molar-refractivity contribution in [3.05, 3.63) is 40.6 Å². The maximum atomic E-state index is 5.51. The van der Waals surface area contributed by atoms with Crippen molar-refractivity contribution >= 4 is 15.9 Å². The van der Waals surface area contributed by atoms with E-state index < -0.39 is 0 Å². The minimum atomic E-state index is 0.684. The molecule has 0 spiro atoms. The van der Waals surface area contributed by atoms with E-state index in [1.54, 1.807) is 13.4 Å². The lowest BCUT2D eigenvalue weighted by Gasteiger charge is -2.11. The summed E-state index contributed by atoms with van der Waals surface area (Å²) in [5.74, 6) is 1.77. The summed E-state index contributed by atoms with van der Waals surface area (Å²) in [5, 5.41) is 3.51. The molecule has 100 valence electrons. The maximum absolute atomic E-state index is 5.51. The minimum Gasteiger partial charge on any atom is -0.496 e. The van der Waals surface area contributed by atoms with Crippen molar-refractivity contribution in [2.45, 2.75) is 25.4 Å². The van der Waals surface area contributed by atoms with Crippen LogP contribution in [0.4, 0.5) is 0 Å². The van der Waals surface area contributed by atoms with E-state index in [-0.39, 0.29) is 0 Å². The van der Waals surface area contributed by atoms with Crippen LogP contribution in [0.25, 0.3) is 11.3 Å². The molecule has 0 atom stereocenters. The Morgan fingerprint density at radius 3 is 2.84 bits per heavy atom. The summed E-state index contributed by atoms with van der Waals surface area (Å²) in [7, 11) is 1.71. The lowest BCUT2D eigenvalue weighted by molar-refractivity contribution is 0.407. The van der Waals surface area contributed by atoms with Crippen LogP contribution >= 0.6 is 15.9 Å². The van der Waals surface area contributed by atoms with Gasteiger partial charge in [0, 0.05) is 23.7 Å². The molecule has 1 N–H and O–H groups in total. The Labute approximate surface area is 121 Å². The summed E-state index contributed by atoms with van der Waals surface area (Å²) in [5.41, 5.74) is 2.22. The van der Waals surface area contributed by atoms with E-state index in [1.807, 2.05) is 18.2 Å². The smallest absolute Gasteiger partial charge is 0.148 e. The molecule has 4 heteroatoms. The summed E-state index contributed by atoms with van der Waals surface area (Å²) < 4.78 is 11.9. The van der Waals surface area contributed by atoms with Gasteiger partial charge in [0.1, 0.15) is 11.5 Å². The molecule has 19 heavy (non-hydrogen) atoms. The van der Waals surface area contributed by atoms with Gasteiger partial charge in [0.2, 0.25) is 0 Å². The van der Waals surface area contributed by atoms with Gasteiger partial charge in [-0.05, 0) is 53.0 Å². The highest BCUT2D eigenvalue weighted by Crippen LogP contribution is 2.32. The van der Waals surface area contributed by atoms with Gasteiger partial charge in [0.25, 0.3) is 0 Å². The summed E-state index contributed by atoms with van der Waals surface area (Å²) >= 11 is 3.49. The van der Waals surface area contributed by atoms with Gasteiger partial charge in [-0.3, -0.25) is 0 Å². The van der Waals surface area contributed by atoms with Gasteiger partial charge in [-0.15, -0.1) is 0 Å². The van der Waals surface area contributed by atoms with E-state index in [1.165, 1.54) is 12.8 Å². The second-order valence-electron chi connectivity index (χ2n) is 4.78. The van der Waals surface area contributed by atoms with Gasteiger partial charge in [-0.1, -0.05) is 0 Å². The molecular weight excluding hydrogens is 306 g/mol. The molecule has 3 nitrogen and oxygen atoms in total. The van der Waals surface area contributed by atoms with Gasteiger partial charge in [0.05, 0.1) is 17.8 Å². The van der Waals surface area contributed by atoms with E-state index in [2.05, 4.69) is 27.3 Å². The van der Waals surface area contributed by atoms with Gasteiger partial charge in [-0.2, -0.15) is 0 Å². The maximum Gasteiger partial charge on any atom is 0.148 e. The van der Waals surface area contributed by atoms with Crippen molar-refractivity contribution < 1.29 is 9.15 Å². The molecule has 1 heterocycles. The van der Waals surface area contributed by atoms with Crippen molar-refractivity contribution in [2.24, 2.45) is 0 Å². The summed E-state index contributed by atoms with van der Waals surface area (Å²) in [4.78, 5) is 0. The van der Waals surface area contributed by atoms with Crippen molar-refractivity contribution in [3.63, 3.8) is 0 Å². The van der Waals surface area contributed by atoms with Crippen LogP contribution in [-0.4, -0.2) is 13.2 Å². The Hall–Kier alpha value is -1.26. The van der Waals surface area contributed by atoms with Crippen LogP contribution in [-0.2, 0) is 6.54 Å². The molecule has 1 saturated carbocycles. The zero-order valence-corrected chi connectivity index (χ0v) is 12.4. The molecule has 1 fully saturated rings. The number of benzene rings is 1. The molecule has 0 aliphatic heterocycles. The Morgan fingerprint density at radius 2 is 2.21 bits per heavy atom. The second kappa shape index (κ2) is 5.39. The van der Waals surface area contributed by atoms with Crippen molar-refractivity contribution in [1.82, 2.24) is 5.32 Å². The topological polar surface area (TPSA) is 34.4 Å². The zero-order chi connectivity index (χ0) is 13.2. The van der Waals surface area contributed by atoms with Gasteiger partial charge >= 0.3 is 0 Å². The van der Waals surface area contributed by atoms with E-state index in [4.69, 9.17) is 9.15 Å². The number of rotatable bonds is 5. The third-order valence-electron chi connectivity index (χ3n) is 3.32. The monoisotopic (exact) mass is 321 g/mol. The molecule has 1 aliphatic rings. The number of ether oxygens (including phenoxy) is 1. The minimum absolute atomic E-state index is 0.684. The average molecular weight is 322 g/mol. The largest absolute Gasteiger partial charge is 0.496 e. The van der Waals surface area contributed by atoms with E-state index in [0.717, 1.165) is 33.7 Å². The fraction of sp³-hybridized carbons (Fsp3) is 0.333. The Balaban J connectivity index is 1.89. The standard InChI is InChI=1S/C15H16BrNO2/c1-18-14-5-2-10(15-13(16)6-7-19-15)8-11(14)9-17-12-3-4-12/h2,5-8,12,17H,3-4,9H2,1H3. The molecule has 2 aromatic rings. The highest BCUT2D eigenvalue weighted by atomic mass is 79.9. The fourth-order valence-corrected chi connectivity index (χ4v) is 2.53. The van der Waals surface area contributed by atoms with E-state index in [0.29, 0.717) is 6.04 Å². The number of hydrogen-bond donors (Lipinski definition) is 1. The van der Waals surface area contributed by atoms with Gasteiger partial charge in [0.15, 0.2) is 0 Å². The normalized spacial score (nSPS) is 14.6. The molecule has 0 saturated heterocycles. The van der Waals surface area contributed by atoms with Gasteiger partial charge in [-0.25, -0.2) is 0 Å². The number of nitrogens with one attached hydrogen (secondary N) is 1. The molecule has 3 rings (SSSR count). The van der Waals surface area contributed by atoms with Crippen molar-refractivity contribution in [1.29, 1.82) is 0 Å². The van der Waals surface area contributed by atoms with Crippen LogP contribution in [0.15, 0.2) is 39.4 Å². The van der Waals surface area contributed by atoms with Crippen LogP contribution in [0.5, 0.6) is 5.75 Å². The molecule has 0 amide bonds. The highest BCUT2D eigenvalue weighted by molar-refractivity contribution is 9.10. The fourth-order valence-electron chi connectivity index (χ4n) is 2.10. The molecule has 0 bridgehead atoms. The van der Waals surface area contributed by atoms with Crippen molar-refractivity contribution in [2.75, 3.05) is 7.11 Å². The second-order valence-corrected chi connectivity index (χ2v) is 5.63. The molecule has 0 radical (unpaired) electrons. The lowest BCUT2D eigenvalue weighted by atomic mass is 10.1. The predicted molar refractivity (Wildman–Crippen MR) is 78.3 cm³/mol. The molecule has 1 aromatic carbocycles. The van der Waals surface area contributed by atoms with E-state index >= 15 is 0 Å². The SMILES string of the molecule is COc1ccc(-c2occc2Br)cc1CNC1CC1. The Kier molecular flexibility index (Phi) is 3.62. The van der Waals surface area contributed by atoms with Crippen molar-refractivity contribution in [3.8, 4) is 17.1 Å². The van der Waals surface area contributed by atoms with Crippen LogP contribution < -0.4 is 10.1 Å². The molecule has 1 aliphatic carbocycles. The summed E-state index contributed by atoms with van der Waals surface area (Å²) in [6, 6.07) is 8.72. The Bertz CT molecular complexity index is 575. The quantitative estimate of drug-likeness (QED) is 0.904. The van der Waals surface area contributed by atoms with Crippen LogP contribution in [0.2, 0.25) is 0 Å². The first-order valence-electron chi connectivity index (χ1n) is 6.41. The molecule has 0 unspecified atom stereocenters. The first kappa shape index (κ1) is 12.8. The molecule has 1 aromatic heterocycles. The van der Waals surface area contributed by atoms with Crippen LogP contribution in [0.1, 0.15) is 18.4 Å². The van der Waals surface area contributed by atoms with Gasteiger partial charge < -0.3 is 14.5 Å². The summed E-state index contributed by atoms with van der Waals surface area (Å²) in [6.45, 7) is 0.833. The van der Waals surface area contributed by atoms with Crippen LogP contribution in [0, 0.1) is 0 Å². The summed E-state index contributed by atoms with van der Waals surface area (Å²) in [6.07, 6.45) is 4.25. The lowest BCUT2D eigenvalue weighted by Crippen LogP contribution is -2.15. The third-order valence-corrected chi connectivity index (χ3v) is 3.94. The number of hydrogen-bond acceptors (Lipinski definition) is 3. The first-order valence-corrected chi connectivity index (χ1v) is 7.21. The third kappa shape index (κ3) is 2.85. The van der Waals surface area contributed by atoms with Crippen LogP contribution in [0.3, 0.4) is 0 Å².